The third kappa shape index (κ3) is 2.26. The first-order valence-electron chi connectivity index (χ1n) is 5.38. The third-order valence-electron chi connectivity index (χ3n) is 2.74. The van der Waals surface area contributed by atoms with Crippen LogP contribution in [0.2, 0.25) is 0 Å². The second-order valence-electron chi connectivity index (χ2n) is 3.96. The summed E-state index contributed by atoms with van der Waals surface area (Å²) in [5, 5.41) is 0. The monoisotopic (exact) mass is 208 g/mol. The molecular weight excluding hydrogens is 192 g/mol. The highest BCUT2D eigenvalue weighted by molar-refractivity contribution is 5.14. The number of rotatable bonds is 4. The molecule has 82 valence electrons. The van der Waals surface area contributed by atoms with Gasteiger partial charge in [-0.05, 0) is 19.3 Å². The van der Waals surface area contributed by atoms with Crippen molar-refractivity contribution >= 4 is 0 Å². The number of H-pyrrole nitrogens is 1. The molecule has 1 N–H and O–H groups in total. The quantitative estimate of drug-likeness (QED) is 0.820. The average Bonchev–Trinajstić information content (AvgIpc) is 3.02. The predicted octanol–water partition coefficient (Wildman–Crippen LogP) is 1.74. The summed E-state index contributed by atoms with van der Waals surface area (Å²) in [5.41, 5.74) is 0.849. The third-order valence-corrected chi connectivity index (χ3v) is 2.74. The lowest BCUT2D eigenvalue weighted by molar-refractivity contribution is 0.0921. The van der Waals surface area contributed by atoms with E-state index in [-0.39, 0.29) is 11.7 Å². The number of methoxy groups -OCH3 is 1. The van der Waals surface area contributed by atoms with E-state index in [1.165, 1.54) is 0 Å². The second-order valence-corrected chi connectivity index (χ2v) is 3.96. The summed E-state index contributed by atoms with van der Waals surface area (Å²) in [7, 11) is 1.64. The van der Waals surface area contributed by atoms with Crippen LogP contribution in [0.15, 0.2) is 10.9 Å². The Kier molecular flexibility index (Phi) is 2.86. The minimum atomic E-state index is -0.101. The Hall–Kier alpha value is -1.16. The fourth-order valence-electron chi connectivity index (χ4n) is 1.71. The Morgan fingerprint density at radius 1 is 1.67 bits per heavy atom. The van der Waals surface area contributed by atoms with Crippen LogP contribution in [-0.2, 0) is 4.74 Å². The van der Waals surface area contributed by atoms with Crippen molar-refractivity contribution in [1.82, 2.24) is 9.97 Å². The molecular formula is C11H16N2O2. The Morgan fingerprint density at radius 3 is 2.93 bits per heavy atom. The van der Waals surface area contributed by atoms with Gasteiger partial charge in [-0.25, -0.2) is 4.98 Å². The average molecular weight is 208 g/mol. The smallest absolute Gasteiger partial charge is 0.251 e. The van der Waals surface area contributed by atoms with Gasteiger partial charge >= 0.3 is 0 Å². The Balaban J connectivity index is 2.33. The molecule has 1 saturated carbocycles. The zero-order valence-corrected chi connectivity index (χ0v) is 9.12. The molecule has 0 amide bonds. The van der Waals surface area contributed by atoms with Crippen LogP contribution in [0.3, 0.4) is 0 Å². The molecule has 4 heteroatoms. The fourth-order valence-corrected chi connectivity index (χ4v) is 1.71. The first-order valence-corrected chi connectivity index (χ1v) is 5.38. The van der Waals surface area contributed by atoms with Crippen LogP contribution in [0.5, 0.6) is 0 Å². The molecule has 0 bridgehead atoms. The van der Waals surface area contributed by atoms with Crippen molar-refractivity contribution in [2.45, 2.75) is 38.2 Å². The van der Waals surface area contributed by atoms with E-state index in [0.29, 0.717) is 11.7 Å². The normalized spacial score (nSPS) is 17.7. The number of ether oxygens (including phenoxy) is 1. The first kappa shape index (κ1) is 10.4. The van der Waals surface area contributed by atoms with Crippen molar-refractivity contribution in [3.05, 3.63) is 27.9 Å². The van der Waals surface area contributed by atoms with Gasteiger partial charge in [0.05, 0.1) is 5.69 Å². The molecule has 1 aliphatic rings. The fraction of sp³-hybridized carbons (Fsp3) is 0.636. The highest BCUT2D eigenvalue weighted by Gasteiger charge is 2.26. The van der Waals surface area contributed by atoms with Gasteiger partial charge in [-0.2, -0.15) is 0 Å². The Labute approximate surface area is 88.7 Å². The van der Waals surface area contributed by atoms with E-state index in [2.05, 4.69) is 9.97 Å². The summed E-state index contributed by atoms with van der Waals surface area (Å²) >= 11 is 0. The molecule has 1 unspecified atom stereocenters. The van der Waals surface area contributed by atoms with Crippen molar-refractivity contribution < 1.29 is 4.74 Å². The van der Waals surface area contributed by atoms with Crippen LogP contribution in [0.25, 0.3) is 0 Å². The van der Waals surface area contributed by atoms with Crippen LogP contribution in [0.4, 0.5) is 0 Å². The maximum atomic E-state index is 11.4. The molecule has 0 radical (unpaired) electrons. The van der Waals surface area contributed by atoms with Gasteiger partial charge in [-0.1, -0.05) is 6.92 Å². The van der Waals surface area contributed by atoms with Gasteiger partial charge in [0.15, 0.2) is 0 Å². The number of nitrogens with zero attached hydrogens (tertiary/aromatic N) is 1. The molecule has 15 heavy (non-hydrogen) atoms. The zero-order valence-electron chi connectivity index (χ0n) is 9.12. The molecule has 1 atom stereocenters. The molecule has 0 spiro atoms. The largest absolute Gasteiger partial charge is 0.374 e. The maximum Gasteiger partial charge on any atom is 0.251 e. The van der Waals surface area contributed by atoms with Gasteiger partial charge < -0.3 is 9.72 Å². The van der Waals surface area contributed by atoms with Crippen molar-refractivity contribution in [3.8, 4) is 0 Å². The van der Waals surface area contributed by atoms with Crippen molar-refractivity contribution in [3.63, 3.8) is 0 Å². The number of hydrogen-bond donors (Lipinski definition) is 1. The van der Waals surface area contributed by atoms with Crippen LogP contribution in [0, 0.1) is 0 Å². The first-order chi connectivity index (χ1) is 7.24. The zero-order chi connectivity index (χ0) is 10.8. The van der Waals surface area contributed by atoms with E-state index in [1.807, 2.05) is 6.92 Å². The van der Waals surface area contributed by atoms with Gasteiger partial charge in [0.25, 0.3) is 5.56 Å². The Morgan fingerprint density at radius 2 is 2.40 bits per heavy atom. The van der Waals surface area contributed by atoms with Crippen LogP contribution in [-0.4, -0.2) is 17.1 Å². The number of hydrogen-bond acceptors (Lipinski definition) is 3. The lowest BCUT2D eigenvalue weighted by atomic mass is 10.2. The number of aromatic nitrogens is 2. The number of aromatic amines is 1. The second kappa shape index (κ2) is 4.14. The van der Waals surface area contributed by atoms with Gasteiger partial charge in [-0.3, -0.25) is 4.79 Å². The summed E-state index contributed by atoms with van der Waals surface area (Å²) in [6, 6.07) is 1.60. The lowest BCUT2D eigenvalue weighted by Gasteiger charge is -2.12. The van der Waals surface area contributed by atoms with E-state index >= 15 is 0 Å². The molecule has 1 aromatic heterocycles. The molecule has 0 aliphatic heterocycles. The summed E-state index contributed by atoms with van der Waals surface area (Å²) in [6.07, 6.45) is 3.02. The van der Waals surface area contributed by atoms with Crippen LogP contribution in [0.1, 0.15) is 49.7 Å². The van der Waals surface area contributed by atoms with Gasteiger partial charge in [-0.15, -0.1) is 0 Å². The Bertz CT molecular complexity index is 392. The molecule has 4 nitrogen and oxygen atoms in total. The summed E-state index contributed by atoms with van der Waals surface area (Å²) in [6.45, 7) is 2.01. The van der Waals surface area contributed by atoms with E-state index in [0.717, 1.165) is 25.0 Å². The van der Waals surface area contributed by atoms with E-state index in [1.54, 1.807) is 13.2 Å². The number of nitrogens with one attached hydrogen (secondary N) is 1. The van der Waals surface area contributed by atoms with Crippen LogP contribution >= 0.6 is 0 Å². The van der Waals surface area contributed by atoms with Crippen molar-refractivity contribution in [1.29, 1.82) is 0 Å². The van der Waals surface area contributed by atoms with Crippen LogP contribution < -0.4 is 5.56 Å². The topological polar surface area (TPSA) is 55.0 Å². The molecule has 1 aromatic rings. The minimum absolute atomic E-state index is 0.0719. The van der Waals surface area contributed by atoms with Crippen molar-refractivity contribution in [2.75, 3.05) is 7.11 Å². The molecule has 0 saturated heterocycles. The standard InChI is InChI=1S/C11H16N2O2/c1-3-9(15-2)11-12-8(7-4-5-7)6-10(14)13-11/h6-7,9H,3-5H2,1-2H3,(H,12,13,14). The van der Waals surface area contributed by atoms with Gasteiger partial charge in [0.1, 0.15) is 11.9 Å². The SMILES string of the molecule is CCC(OC)c1nc(C2CC2)cc(=O)[nH]1. The van der Waals surface area contributed by atoms with Gasteiger partial charge in [0.2, 0.25) is 0 Å². The lowest BCUT2D eigenvalue weighted by Crippen LogP contribution is -2.16. The van der Waals surface area contributed by atoms with E-state index < -0.39 is 0 Å². The molecule has 0 aromatic carbocycles. The molecule has 1 fully saturated rings. The van der Waals surface area contributed by atoms with Crippen molar-refractivity contribution in [2.24, 2.45) is 0 Å². The maximum absolute atomic E-state index is 11.4. The highest BCUT2D eigenvalue weighted by atomic mass is 16.5. The van der Waals surface area contributed by atoms with Gasteiger partial charge in [0, 0.05) is 19.1 Å². The highest BCUT2D eigenvalue weighted by Crippen LogP contribution is 2.38. The van der Waals surface area contributed by atoms with E-state index in [4.69, 9.17) is 4.74 Å². The summed E-state index contributed by atoms with van der Waals surface area (Å²) < 4.78 is 5.26. The van der Waals surface area contributed by atoms with E-state index in [9.17, 15) is 4.79 Å². The molecule has 1 aliphatic carbocycles. The summed E-state index contributed by atoms with van der Waals surface area (Å²) in [4.78, 5) is 18.6. The summed E-state index contributed by atoms with van der Waals surface area (Å²) in [5.74, 6) is 1.16. The predicted molar refractivity (Wildman–Crippen MR) is 56.9 cm³/mol. The minimum Gasteiger partial charge on any atom is -0.374 e. The molecule has 1 heterocycles. The molecule has 2 rings (SSSR count).